The normalized spacial score (nSPS) is 17.7. The number of carbonyl (C=O) groups is 2. The van der Waals surface area contributed by atoms with Crippen LogP contribution in [0, 0.1) is 0 Å². The molecule has 1 aromatic carbocycles. The van der Waals surface area contributed by atoms with Crippen LogP contribution >= 0.6 is 11.6 Å². The summed E-state index contributed by atoms with van der Waals surface area (Å²) in [5, 5.41) is 11.6. The molecule has 0 aromatic heterocycles. The fourth-order valence-electron chi connectivity index (χ4n) is 1.96. The molecule has 7 heteroatoms. The Morgan fingerprint density at radius 2 is 2.29 bits per heavy atom. The Morgan fingerprint density at radius 3 is 2.90 bits per heavy atom. The van der Waals surface area contributed by atoms with Crippen molar-refractivity contribution in [2.75, 3.05) is 26.4 Å². The van der Waals surface area contributed by atoms with E-state index in [0.717, 1.165) is 6.42 Å². The van der Waals surface area contributed by atoms with Gasteiger partial charge in [-0.15, -0.1) is 0 Å². The molecule has 1 saturated heterocycles. The largest absolute Gasteiger partial charge is 0.478 e. The molecule has 1 fully saturated rings. The standard InChI is InChI=1S/C14H16ClNO5/c15-12-7-9(14(18)19)1-2-11(12)13(17)16-4-6-21-10-3-5-20-8-10/h1-2,7,10H,3-6,8H2,(H,16,17)(H,18,19). The van der Waals surface area contributed by atoms with Gasteiger partial charge in [0, 0.05) is 13.2 Å². The molecule has 1 aromatic rings. The van der Waals surface area contributed by atoms with Crippen LogP contribution in [0.2, 0.25) is 5.02 Å². The van der Waals surface area contributed by atoms with E-state index in [4.69, 9.17) is 26.2 Å². The lowest BCUT2D eigenvalue weighted by atomic mass is 10.1. The van der Waals surface area contributed by atoms with E-state index < -0.39 is 5.97 Å². The van der Waals surface area contributed by atoms with Crippen LogP contribution in [0.1, 0.15) is 27.1 Å². The fourth-order valence-corrected chi connectivity index (χ4v) is 2.23. The molecule has 1 amide bonds. The van der Waals surface area contributed by atoms with E-state index in [-0.39, 0.29) is 28.2 Å². The Labute approximate surface area is 127 Å². The quantitative estimate of drug-likeness (QED) is 0.779. The predicted octanol–water partition coefficient (Wildman–Crippen LogP) is 1.57. The molecule has 1 unspecified atom stereocenters. The van der Waals surface area contributed by atoms with Gasteiger partial charge in [0.2, 0.25) is 0 Å². The van der Waals surface area contributed by atoms with Crippen molar-refractivity contribution >= 4 is 23.5 Å². The second kappa shape index (κ2) is 7.40. The molecule has 0 spiro atoms. The van der Waals surface area contributed by atoms with Gasteiger partial charge >= 0.3 is 5.97 Å². The van der Waals surface area contributed by atoms with Crippen LogP contribution in [0.25, 0.3) is 0 Å². The van der Waals surface area contributed by atoms with Gasteiger partial charge in [-0.2, -0.15) is 0 Å². The molecule has 6 nitrogen and oxygen atoms in total. The summed E-state index contributed by atoms with van der Waals surface area (Å²) in [7, 11) is 0. The van der Waals surface area contributed by atoms with Crippen LogP contribution in [0.15, 0.2) is 18.2 Å². The number of hydrogen-bond acceptors (Lipinski definition) is 4. The van der Waals surface area contributed by atoms with Gasteiger partial charge in [0.1, 0.15) is 0 Å². The number of carboxylic acids is 1. The van der Waals surface area contributed by atoms with Crippen molar-refractivity contribution < 1.29 is 24.2 Å². The van der Waals surface area contributed by atoms with Gasteiger partial charge in [0.25, 0.3) is 5.91 Å². The molecule has 0 radical (unpaired) electrons. The van der Waals surface area contributed by atoms with E-state index in [1.165, 1.54) is 18.2 Å². The third-order valence-corrected chi connectivity index (χ3v) is 3.40. The van der Waals surface area contributed by atoms with Gasteiger partial charge in [0.05, 0.1) is 35.5 Å². The molecule has 0 saturated carbocycles. The smallest absolute Gasteiger partial charge is 0.335 e. The Morgan fingerprint density at radius 1 is 1.48 bits per heavy atom. The van der Waals surface area contributed by atoms with Gasteiger partial charge in [-0.05, 0) is 24.6 Å². The zero-order valence-electron chi connectivity index (χ0n) is 11.3. The number of amides is 1. The van der Waals surface area contributed by atoms with Gasteiger partial charge < -0.3 is 19.9 Å². The number of carboxylic acid groups (broad SMARTS) is 1. The number of halogens is 1. The highest BCUT2D eigenvalue weighted by molar-refractivity contribution is 6.34. The SMILES string of the molecule is O=C(O)c1ccc(C(=O)NCCOC2CCOC2)c(Cl)c1. The Hall–Kier alpha value is -1.63. The molecule has 0 bridgehead atoms. The average molecular weight is 314 g/mol. The summed E-state index contributed by atoms with van der Waals surface area (Å²) in [5.74, 6) is -1.45. The molecule has 114 valence electrons. The maximum absolute atomic E-state index is 11.9. The van der Waals surface area contributed by atoms with Crippen LogP contribution in [-0.2, 0) is 9.47 Å². The van der Waals surface area contributed by atoms with Crippen LogP contribution in [0.3, 0.4) is 0 Å². The van der Waals surface area contributed by atoms with Crippen molar-refractivity contribution in [1.29, 1.82) is 0 Å². The fraction of sp³-hybridized carbons (Fsp3) is 0.429. The first-order chi connectivity index (χ1) is 10.1. The molecule has 1 heterocycles. The minimum absolute atomic E-state index is 0.0427. The predicted molar refractivity (Wildman–Crippen MR) is 75.9 cm³/mol. The molecular weight excluding hydrogens is 298 g/mol. The molecule has 2 N–H and O–H groups in total. The molecular formula is C14H16ClNO5. The van der Waals surface area contributed by atoms with Crippen LogP contribution in [-0.4, -0.2) is 49.5 Å². The Kier molecular flexibility index (Phi) is 5.55. The molecule has 21 heavy (non-hydrogen) atoms. The van der Waals surface area contributed by atoms with E-state index in [2.05, 4.69) is 5.32 Å². The van der Waals surface area contributed by atoms with Crippen molar-refractivity contribution in [3.05, 3.63) is 34.3 Å². The number of hydrogen-bond donors (Lipinski definition) is 2. The van der Waals surface area contributed by atoms with Crippen LogP contribution in [0.5, 0.6) is 0 Å². The zero-order chi connectivity index (χ0) is 15.2. The maximum Gasteiger partial charge on any atom is 0.335 e. The summed E-state index contributed by atoms with van der Waals surface area (Å²) < 4.78 is 10.7. The average Bonchev–Trinajstić information content (AvgIpc) is 2.96. The molecule has 1 aliphatic rings. The zero-order valence-corrected chi connectivity index (χ0v) is 12.1. The number of nitrogens with one attached hydrogen (secondary N) is 1. The van der Waals surface area contributed by atoms with Crippen molar-refractivity contribution in [2.45, 2.75) is 12.5 Å². The molecule has 1 atom stereocenters. The molecule has 0 aliphatic carbocycles. The number of aromatic carboxylic acids is 1. The minimum atomic E-state index is -1.09. The first-order valence-electron chi connectivity index (χ1n) is 6.58. The first-order valence-corrected chi connectivity index (χ1v) is 6.96. The van der Waals surface area contributed by atoms with Gasteiger partial charge in [-0.25, -0.2) is 4.79 Å². The van der Waals surface area contributed by atoms with Crippen LogP contribution in [0.4, 0.5) is 0 Å². The van der Waals surface area contributed by atoms with Gasteiger partial charge in [-0.3, -0.25) is 4.79 Å². The second-order valence-corrected chi connectivity index (χ2v) is 5.02. The molecule has 1 aliphatic heterocycles. The number of ether oxygens (including phenoxy) is 2. The van der Waals surface area contributed by atoms with Crippen LogP contribution < -0.4 is 5.32 Å². The summed E-state index contributed by atoms with van der Waals surface area (Å²) in [4.78, 5) is 22.7. The lowest BCUT2D eigenvalue weighted by molar-refractivity contribution is 0.0437. The second-order valence-electron chi connectivity index (χ2n) is 4.61. The van der Waals surface area contributed by atoms with Crippen molar-refractivity contribution in [2.24, 2.45) is 0 Å². The minimum Gasteiger partial charge on any atom is -0.478 e. The number of rotatable bonds is 6. The third-order valence-electron chi connectivity index (χ3n) is 3.09. The first kappa shape index (κ1) is 15.8. The summed E-state index contributed by atoms with van der Waals surface area (Å²) in [6.45, 7) is 2.05. The van der Waals surface area contributed by atoms with E-state index in [9.17, 15) is 9.59 Å². The van der Waals surface area contributed by atoms with Crippen molar-refractivity contribution in [1.82, 2.24) is 5.32 Å². The highest BCUT2D eigenvalue weighted by Crippen LogP contribution is 2.18. The lowest BCUT2D eigenvalue weighted by Crippen LogP contribution is -2.29. The van der Waals surface area contributed by atoms with E-state index >= 15 is 0 Å². The third kappa shape index (κ3) is 4.42. The van der Waals surface area contributed by atoms with E-state index in [1.54, 1.807) is 0 Å². The monoisotopic (exact) mass is 313 g/mol. The lowest BCUT2D eigenvalue weighted by Gasteiger charge is -2.11. The topological polar surface area (TPSA) is 84.9 Å². The highest BCUT2D eigenvalue weighted by Gasteiger charge is 2.16. The van der Waals surface area contributed by atoms with E-state index in [0.29, 0.717) is 26.4 Å². The maximum atomic E-state index is 11.9. The number of benzene rings is 1. The van der Waals surface area contributed by atoms with Gasteiger partial charge in [-0.1, -0.05) is 11.6 Å². The highest BCUT2D eigenvalue weighted by atomic mass is 35.5. The molecule has 2 rings (SSSR count). The van der Waals surface area contributed by atoms with Crippen molar-refractivity contribution in [3.8, 4) is 0 Å². The van der Waals surface area contributed by atoms with Crippen molar-refractivity contribution in [3.63, 3.8) is 0 Å². The Bertz CT molecular complexity index is 528. The Balaban J connectivity index is 1.81. The van der Waals surface area contributed by atoms with E-state index in [1.807, 2.05) is 0 Å². The summed E-state index contributed by atoms with van der Waals surface area (Å²) in [5.41, 5.74) is 0.284. The number of carbonyl (C=O) groups excluding carboxylic acids is 1. The summed E-state index contributed by atoms with van der Waals surface area (Å²) >= 11 is 5.91. The van der Waals surface area contributed by atoms with Gasteiger partial charge in [0.15, 0.2) is 0 Å². The summed E-state index contributed by atoms with van der Waals surface area (Å²) in [6.07, 6.45) is 0.969. The summed E-state index contributed by atoms with van der Waals surface area (Å²) in [6, 6.07) is 3.99.